The van der Waals surface area contributed by atoms with Gasteiger partial charge in [-0.3, -0.25) is 4.79 Å². The second kappa shape index (κ2) is 10.5. The van der Waals surface area contributed by atoms with Crippen molar-refractivity contribution in [3.8, 4) is 11.5 Å². The van der Waals surface area contributed by atoms with Crippen molar-refractivity contribution in [3.63, 3.8) is 0 Å². The zero-order chi connectivity index (χ0) is 18.8. The van der Waals surface area contributed by atoms with E-state index < -0.39 is 0 Å². The molecule has 0 saturated heterocycles. The predicted molar refractivity (Wildman–Crippen MR) is 105 cm³/mol. The van der Waals surface area contributed by atoms with Crippen molar-refractivity contribution in [2.24, 2.45) is 5.92 Å². The number of carbonyl (C=O) groups excluding carboxylic acids is 1. The molecule has 0 heterocycles. The lowest BCUT2D eigenvalue weighted by atomic mass is 10.1. The van der Waals surface area contributed by atoms with Crippen LogP contribution in [-0.4, -0.2) is 19.6 Å². The molecule has 0 aliphatic heterocycles. The third-order valence-electron chi connectivity index (χ3n) is 4.15. The number of hydrogen-bond donors (Lipinski definition) is 1. The molecule has 140 valence electrons. The third-order valence-corrected chi connectivity index (χ3v) is 4.15. The Kier molecular flexibility index (Phi) is 8.00. The van der Waals surface area contributed by atoms with E-state index in [1.165, 1.54) is 5.56 Å². The first-order valence-corrected chi connectivity index (χ1v) is 9.19. The first-order valence-electron chi connectivity index (χ1n) is 9.19. The van der Waals surface area contributed by atoms with E-state index in [0.29, 0.717) is 31.2 Å². The van der Waals surface area contributed by atoms with E-state index in [0.717, 1.165) is 24.2 Å². The minimum atomic E-state index is 0.0464. The van der Waals surface area contributed by atoms with Crippen molar-refractivity contribution in [2.75, 3.05) is 13.7 Å². The van der Waals surface area contributed by atoms with Gasteiger partial charge < -0.3 is 14.8 Å². The maximum absolute atomic E-state index is 12.0. The van der Waals surface area contributed by atoms with Gasteiger partial charge in [0.15, 0.2) is 11.5 Å². The molecule has 0 spiro atoms. The Labute approximate surface area is 156 Å². The van der Waals surface area contributed by atoms with Crippen molar-refractivity contribution in [1.82, 2.24) is 5.32 Å². The molecule has 0 saturated carbocycles. The van der Waals surface area contributed by atoms with Gasteiger partial charge in [-0.05, 0) is 42.0 Å². The monoisotopic (exact) mass is 355 g/mol. The molecule has 4 nitrogen and oxygen atoms in total. The number of ether oxygens (including phenoxy) is 2. The molecule has 1 amide bonds. The number of nitrogens with one attached hydrogen (secondary N) is 1. The van der Waals surface area contributed by atoms with Crippen LogP contribution in [0, 0.1) is 5.92 Å². The van der Waals surface area contributed by atoms with Crippen molar-refractivity contribution < 1.29 is 14.3 Å². The summed E-state index contributed by atoms with van der Waals surface area (Å²) < 4.78 is 11.2. The summed E-state index contributed by atoms with van der Waals surface area (Å²) in [5, 5.41) is 2.96. The zero-order valence-corrected chi connectivity index (χ0v) is 16.0. The second-order valence-electron chi connectivity index (χ2n) is 6.78. The fourth-order valence-electron chi connectivity index (χ4n) is 2.54. The maximum Gasteiger partial charge on any atom is 0.220 e. The van der Waals surface area contributed by atoms with Crippen molar-refractivity contribution in [1.29, 1.82) is 0 Å². The molecule has 4 heteroatoms. The van der Waals surface area contributed by atoms with Gasteiger partial charge in [0.05, 0.1) is 13.7 Å². The summed E-state index contributed by atoms with van der Waals surface area (Å²) in [6, 6.07) is 15.8. The lowest BCUT2D eigenvalue weighted by molar-refractivity contribution is -0.121. The summed E-state index contributed by atoms with van der Waals surface area (Å²) >= 11 is 0. The molecular formula is C22H29NO3. The molecule has 0 unspecified atom stereocenters. The van der Waals surface area contributed by atoms with Crippen LogP contribution in [0.5, 0.6) is 11.5 Å². The van der Waals surface area contributed by atoms with Crippen molar-refractivity contribution in [3.05, 3.63) is 59.7 Å². The van der Waals surface area contributed by atoms with E-state index in [1.54, 1.807) is 7.11 Å². The van der Waals surface area contributed by atoms with Crippen LogP contribution in [0.3, 0.4) is 0 Å². The van der Waals surface area contributed by atoms with E-state index in [9.17, 15) is 4.79 Å². The van der Waals surface area contributed by atoms with E-state index in [1.807, 2.05) is 48.5 Å². The number of methoxy groups -OCH3 is 1. The highest BCUT2D eigenvalue weighted by Gasteiger charge is 2.08. The van der Waals surface area contributed by atoms with Crippen LogP contribution in [0.15, 0.2) is 48.5 Å². The molecule has 0 aliphatic carbocycles. The molecule has 0 aromatic heterocycles. The average molecular weight is 355 g/mol. The second-order valence-corrected chi connectivity index (χ2v) is 6.78. The molecule has 0 fully saturated rings. The first kappa shape index (κ1) is 19.8. The van der Waals surface area contributed by atoms with Crippen LogP contribution in [0.25, 0.3) is 0 Å². The van der Waals surface area contributed by atoms with Crippen LogP contribution in [-0.2, 0) is 17.8 Å². The standard InChI is InChI=1S/C22H29NO3/c1-17(2)13-14-26-20-11-9-19(15-21(20)25-3)16-23-22(24)12-10-18-7-5-4-6-8-18/h4-9,11,15,17H,10,12-14,16H2,1-3H3,(H,23,24). The van der Waals surface area contributed by atoms with Crippen LogP contribution in [0.4, 0.5) is 0 Å². The average Bonchev–Trinajstić information content (AvgIpc) is 2.65. The Hall–Kier alpha value is -2.49. The third kappa shape index (κ3) is 6.79. The summed E-state index contributed by atoms with van der Waals surface area (Å²) in [6.07, 6.45) is 2.23. The Balaban J connectivity index is 1.82. The number of rotatable bonds is 10. The summed E-state index contributed by atoms with van der Waals surface area (Å²) in [6.45, 7) is 5.49. The lowest BCUT2D eigenvalue weighted by Crippen LogP contribution is -2.23. The molecule has 26 heavy (non-hydrogen) atoms. The molecule has 0 aliphatic rings. The fourth-order valence-corrected chi connectivity index (χ4v) is 2.54. The largest absolute Gasteiger partial charge is 0.493 e. The molecule has 2 rings (SSSR count). The lowest BCUT2D eigenvalue weighted by Gasteiger charge is -2.13. The maximum atomic E-state index is 12.0. The highest BCUT2D eigenvalue weighted by atomic mass is 16.5. The summed E-state index contributed by atoms with van der Waals surface area (Å²) in [7, 11) is 1.63. The van der Waals surface area contributed by atoms with Gasteiger partial charge in [0.2, 0.25) is 5.91 Å². The number of carbonyl (C=O) groups is 1. The highest BCUT2D eigenvalue weighted by Crippen LogP contribution is 2.28. The van der Waals surface area contributed by atoms with E-state index >= 15 is 0 Å². The van der Waals surface area contributed by atoms with Crippen LogP contribution >= 0.6 is 0 Å². The van der Waals surface area contributed by atoms with Gasteiger partial charge >= 0.3 is 0 Å². The normalized spacial score (nSPS) is 10.6. The number of hydrogen-bond acceptors (Lipinski definition) is 3. The van der Waals surface area contributed by atoms with Gasteiger partial charge in [-0.25, -0.2) is 0 Å². The molecular weight excluding hydrogens is 326 g/mol. The minimum Gasteiger partial charge on any atom is -0.493 e. The smallest absolute Gasteiger partial charge is 0.220 e. The van der Waals surface area contributed by atoms with Gasteiger partial charge in [-0.15, -0.1) is 0 Å². The van der Waals surface area contributed by atoms with Crippen molar-refractivity contribution in [2.45, 2.75) is 39.7 Å². The van der Waals surface area contributed by atoms with Crippen LogP contribution in [0.2, 0.25) is 0 Å². The molecule has 0 radical (unpaired) electrons. The number of aryl methyl sites for hydroxylation is 1. The van der Waals surface area contributed by atoms with Gasteiger partial charge in [-0.2, -0.15) is 0 Å². The summed E-state index contributed by atoms with van der Waals surface area (Å²) in [4.78, 5) is 12.0. The fraction of sp³-hybridized carbons (Fsp3) is 0.409. The quantitative estimate of drug-likeness (QED) is 0.688. The molecule has 2 aromatic carbocycles. The summed E-state index contributed by atoms with van der Waals surface area (Å²) in [5.74, 6) is 2.09. The number of benzene rings is 2. The molecule has 0 bridgehead atoms. The number of amides is 1. The Morgan fingerprint density at radius 1 is 1.04 bits per heavy atom. The van der Waals surface area contributed by atoms with Crippen LogP contribution in [0.1, 0.15) is 37.8 Å². The van der Waals surface area contributed by atoms with E-state index in [4.69, 9.17) is 9.47 Å². The Morgan fingerprint density at radius 2 is 1.81 bits per heavy atom. The minimum absolute atomic E-state index is 0.0464. The molecule has 1 N–H and O–H groups in total. The van der Waals surface area contributed by atoms with Crippen LogP contribution < -0.4 is 14.8 Å². The van der Waals surface area contributed by atoms with E-state index in [-0.39, 0.29) is 5.91 Å². The van der Waals surface area contributed by atoms with Gasteiger partial charge in [0.25, 0.3) is 0 Å². The van der Waals surface area contributed by atoms with Crippen molar-refractivity contribution >= 4 is 5.91 Å². The van der Waals surface area contributed by atoms with Gasteiger partial charge in [0.1, 0.15) is 0 Å². The highest BCUT2D eigenvalue weighted by molar-refractivity contribution is 5.76. The molecule has 2 aromatic rings. The predicted octanol–water partition coefficient (Wildman–Crippen LogP) is 4.37. The Morgan fingerprint density at radius 3 is 2.50 bits per heavy atom. The van der Waals surface area contributed by atoms with Gasteiger partial charge in [-0.1, -0.05) is 50.2 Å². The first-order chi connectivity index (χ1) is 12.6. The SMILES string of the molecule is COc1cc(CNC(=O)CCc2ccccc2)ccc1OCCC(C)C. The Bertz CT molecular complexity index is 683. The van der Waals surface area contributed by atoms with Gasteiger partial charge in [0, 0.05) is 13.0 Å². The topological polar surface area (TPSA) is 47.6 Å². The zero-order valence-electron chi connectivity index (χ0n) is 16.0. The summed E-state index contributed by atoms with van der Waals surface area (Å²) in [5.41, 5.74) is 2.17. The van der Waals surface area contributed by atoms with E-state index in [2.05, 4.69) is 19.2 Å². The molecule has 0 atom stereocenters.